The van der Waals surface area contributed by atoms with Crippen molar-refractivity contribution in [3.8, 4) is 11.4 Å². The number of benzene rings is 1. The number of nitro benzene ring substituents is 1. The molecule has 8 nitrogen and oxygen atoms in total. The minimum absolute atomic E-state index is 0.0139. The molecule has 0 spiro atoms. The van der Waals surface area contributed by atoms with Gasteiger partial charge in [-0.1, -0.05) is 18.7 Å². The van der Waals surface area contributed by atoms with Crippen LogP contribution in [0.4, 0.5) is 11.4 Å². The van der Waals surface area contributed by atoms with Crippen molar-refractivity contribution in [2.45, 2.75) is 51.2 Å². The highest BCUT2D eigenvalue weighted by molar-refractivity contribution is 7.99. The van der Waals surface area contributed by atoms with Crippen molar-refractivity contribution in [2.24, 2.45) is 5.92 Å². The average Bonchev–Trinajstić information content (AvgIpc) is 3.36. The molecule has 1 unspecified atom stereocenters. The summed E-state index contributed by atoms with van der Waals surface area (Å²) < 4.78 is 2.10. The third-order valence-corrected chi connectivity index (χ3v) is 7.51. The number of amides is 1. The number of non-ortho nitro benzene ring substituents is 1. The summed E-state index contributed by atoms with van der Waals surface area (Å²) in [4.78, 5) is 24.2. The van der Waals surface area contributed by atoms with Crippen LogP contribution in [0.1, 0.15) is 43.7 Å². The molecule has 10 heteroatoms. The van der Waals surface area contributed by atoms with Crippen molar-refractivity contribution < 1.29 is 9.72 Å². The van der Waals surface area contributed by atoms with E-state index in [9.17, 15) is 14.9 Å². The van der Waals surface area contributed by atoms with Crippen LogP contribution in [0.25, 0.3) is 11.4 Å². The van der Waals surface area contributed by atoms with Gasteiger partial charge in [-0.15, -0.1) is 21.5 Å². The van der Waals surface area contributed by atoms with Gasteiger partial charge in [0, 0.05) is 39.7 Å². The van der Waals surface area contributed by atoms with Crippen LogP contribution >= 0.6 is 23.1 Å². The van der Waals surface area contributed by atoms with Gasteiger partial charge in [-0.2, -0.15) is 0 Å². The highest BCUT2D eigenvalue weighted by atomic mass is 32.2. The van der Waals surface area contributed by atoms with E-state index in [2.05, 4.69) is 46.2 Å². The van der Waals surface area contributed by atoms with E-state index >= 15 is 0 Å². The number of carbonyl (C=O) groups excluding carboxylic acids is 1. The molecule has 0 bridgehead atoms. The number of thiophene rings is 1. The second-order valence-corrected chi connectivity index (χ2v) is 10.2. The fourth-order valence-corrected chi connectivity index (χ4v) is 5.99. The minimum Gasteiger partial charge on any atom is -0.325 e. The van der Waals surface area contributed by atoms with Crippen molar-refractivity contribution in [3.63, 3.8) is 0 Å². The van der Waals surface area contributed by atoms with Gasteiger partial charge in [-0.25, -0.2) is 0 Å². The van der Waals surface area contributed by atoms with Crippen LogP contribution in [0, 0.1) is 16.0 Å². The molecule has 1 aliphatic carbocycles. The first kappa shape index (κ1) is 22.5. The fourth-order valence-electron chi connectivity index (χ4n) is 3.88. The van der Waals surface area contributed by atoms with E-state index in [1.54, 1.807) is 0 Å². The van der Waals surface area contributed by atoms with E-state index < -0.39 is 4.92 Å². The first-order chi connectivity index (χ1) is 15.3. The number of fused-ring (bicyclic) bond motifs is 1. The highest BCUT2D eigenvalue weighted by Gasteiger charge is 2.25. The number of nitrogens with one attached hydrogen (secondary N) is 1. The van der Waals surface area contributed by atoms with Crippen LogP contribution in [-0.2, 0) is 17.6 Å². The Kier molecular flexibility index (Phi) is 6.61. The van der Waals surface area contributed by atoms with Gasteiger partial charge in [0.05, 0.1) is 10.7 Å². The lowest BCUT2D eigenvalue weighted by Gasteiger charge is -2.19. The predicted molar refractivity (Wildman–Crippen MR) is 127 cm³/mol. The molecule has 1 aromatic carbocycles. The predicted octanol–water partition coefficient (Wildman–Crippen LogP) is 5.35. The van der Waals surface area contributed by atoms with Crippen LogP contribution in [-0.4, -0.2) is 31.3 Å². The summed E-state index contributed by atoms with van der Waals surface area (Å²) in [6, 6.07) is 5.93. The molecule has 0 radical (unpaired) electrons. The van der Waals surface area contributed by atoms with E-state index in [4.69, 9.17) is 0 Å². The largest absolute Gasteiger partial charge is 0.325 e. The number of aromatic nitrogens is 3. The standard InChI is InChI=1S/C22H25N5O3S2/c1-13(2)26-21(18-11-31-19-10-14(3)4-9-17(18)19)24-25-22(26)32-12-20(28)23-15-5-7-16(8-6-15)27(29)30/h5-8,11,13-14H,4,9-10,12H2,1-3H3,(H,23,28). The van der Waals surface area contributed by atoms with Gasteiger partial charge in [0.2, 0.25) is 5.91 Å². The van der Waals surface area contributed by atoms with E-state index in [1.807, 2.05) is 11.3 Å². The van der Waals surface area contributed by atoms with E-state index in [-0.39, 0.29) is 23.4 Å². The van der Waals surface area contributed by atoms with Gasteiger partial charge in [0.25, 0.3) is 5.69 Å². The Morgan fingerprint density at radius 3 is 2.78 bits per heavy atom. The molecule has 0 fully saturated rings. The summed E-state index contributed by atoms with van der Waals surface area (Å²) in [5, 5.41) is 25.3. The monoisotopic (exact) mass is 471 g/mol. The second-order valence-electron chi connectivity index (χ2n) is 8.31. The number of rotatable bonds is 7. The Bertz CT molecular complexity index is 1140. The Morgan fingerprint density at radius 1 is 1.34 bits per heavy atom. The molecule has 4 rings (SSSR count). The molecule has 1 amide bonds. The van der Waals surface area contributed by atoms with Crippen molar-refractivity contribution in [1.29, 1.82) is 0 Å². The Balaban J connectivity index is 1.47. The van der Waals surface area contributed by atoms with Gasteiger partial charge >= 0.3 is 0 Å². The number of hydrogen-bond acceptors (Lipinski definition) is 7. The normalized spacial score (nSPS) is 15.6. The number of nitro groups is 1. The highest BCUT2D eigenvalue weighted by Crippen LogP contribution is 2.39. The summed E-state index contributed by atoms with van der Waals surface area (Å²) >= 11 is 3.15. The first-order valence-electron chi connectivity index (χ1n) is 10.5. The molecule has 2 heterocycles. The molecule has 32 heavy (non-hydrogen) atoms. The molecule has 0 saturated heterocycles. The number of hydrogen-bond donors (Lipinski definition) is 1. The van der Waals surface area contributed by atoms with E-state index in [0.29, 0.717) is 10.8 Å². The molecule has 1 N–H and O–H groups in total. The van der Waals surface area contributed by atoms with Crippen LogP contribution < -0.4 is 5.32 Å². The number of anilines is 1. The topological polar surface area (TPSA) is 103 Å². The average molecular weight is 472 g/mol. The third kappa shape index (κ3) is 4.71. The summed E-state index contributed by atoms with van der Waals surface area (Å²) in [6.45, 7) is 6.49. The lowest BCUT2D eigenvalue weighted by atomic mass is 9.88. The van der Waals surface area contributed by atoms with Gasteiger partial charge < -0.3 is 5.32 Å². The maximum Gasteiger partial charge on any atom is 0.269 e. The Labute approximate surface area is 194 Å². The molecular weight excluding hydrogens is 446 g/mol. The molecule has 168 valence electrons. The summed E-state index contributed by atoms with van der Waals surface area (Å²) in [5.74, 6) is 1.55. The van der Waals surface area contributed by atoms with Crippen molar-refractivity contribution in [3.05, 3.63) is 50.2 Å². The number of nitrogens with zero attached hydrogens (tertiary/aromatic N) is 4. The molecular formula is C22H25N5O3S2. The van der Waals surface area contributed by atoms with Gasteiger partial charge in [0.15, 0.2) is 11.0 Å². The quantitative estimate of drug-likeness (QED) is 0.283. The molecule has 2 aromatic heterocycles. The Hall–Kier alpha value is -2.72. The van der Waals surface area contributed by atoms with Crippen LogP contribution in [0.5, 0.6) is 0 Å². The van der Waals surface area contributed by atoms with Gasteiger partial charge in [0.1, 0.15) is 0 Å². The van der Waals surface area contributed by atoms with Crippen LogP contribution in [0.2, 0.25) is 0 Å². The van der Waals surface area contributed by atoms with E-state index in [1.165, 1.54) is 58.5 Å². The molecule has 0 aliphatic heterocycles. The van der Waals surface area contributed by atoms with E-state index in [0.717, 1.165) is 24.6 Å². The van der Waals surface area contributed by atoms with Crippen LogP contribution in [0.3, 0.4) is 0 Å². The third-order valence-electron chi connectivity index (χ3n) is 5.52. The summed E-state index contributed by atoms with van der Waals surface area (Å²) in [6.07, 6.45) is 3.39. The zero-order valence-corrected chi connectivity index (χ0v) is 19.8. The lowest BCUT2D eigenvalue weighted by Crippen LogP contribution is -2.15. The molecule has 0 saturated carbocycles. The zero-order chi connectivity index (χ0) is 22.8. The van der Waals surface area contributed by atoms with Crippen molar-refractivity contribution in [1.82, 2.24) is 14.8 Å². The SMILES string of the molecule is CC1CCc2c(-c3nnc(SCC(=O)Nc4ccc([N+](=O)[O-])cc4)n3C(C)C)csc2C1. The lowest BCUT2D eigenvalue weighted by molar-refractivity contribution is -0.384. The molecule has 3 aromatic rings. The zero-order valence-electron chi connectivity index (χ0n) is 18.2. The second kappa shape index (κ2) is 9.41. The van der Waals surface area contributed by atoms with Gasteiger partial charge in [-0.3, -0.25) is 19.5 Å². The molecule has 1 atom stereocenters. The Morgan fingerprint density at radius 2 is 2.09 bits per heavy atom. The van der Waals surface area contributed by atoms with Crippen molar-refractivity contribution >= 4 is 40.4 Å². The van der Waals surface area contributed by atoms with Gasteiger partial charge in [-0.05, 0) is 56.7 Å². The molecule has 1 aliphatic rings. The first-order valence-corrected chi connectivity index (χ1v) is 12.4. The smallest absolute Gasteiger partial charge is 0.269 e. The summed E-state index contributed by atoms with van der Waals surface area (Å²) in [5.41, 5.74) is 3.07. The minimum atomic E-state index is -0.469. The van der Waals surface area contributed by atoms with Crippen LogP contribution in [0.15, 0.2) is 34.8 Å². The number of carbonyl (C=O) groups is 1. The maximum atomic E-state index is 12.4. The maximum absolute atomic E-state index is 12.4. The summed E-state index contributed by atoms with van der Waals surface area (Å²) in [7, 11) is 0. The fraction of sp³-hybridized carbons (Fsp3) is 0.409. The number of thioether (sulfide) groups is 1. The van der Waals surface area contributed by atoms with Crippen molar-refractivity contribution in [2.75, 3.05) is 11.1 Å².